The fraction of sp³-hybridized carbons (Fsp3) is 0.586. The van der Waals surface area contributed by atoms with Crippen LogP contribution in [0.15, 0.2) is 48.8 Å². The number of likely N-dealkylation sites (tertiary alicyclic amines) is 1. The molecule has 6 rings (SSSR count). The Morgan fingerprint density at radius 3 is 2.83 bits per heavy atom. The van der Waals surface area contributed by atoms with Gasteiger partial charge < -0.3 is 10.2 Å². The average Bonchev–Trinajstić information content (AvgIpc) is 3.43. The molecule has 6 nitrogen and oxygen atoms in total. The number of carbonyl (C=O) groups is 1. The van der Waals surface area contributed by atoms with Crippen LogP contribution in [0.25, 0.3) is 0 Å². The fourth-order valence-electron chi connectivity index (χ4n) is 7.17. The first-order chi connectivity index (χ1) is 17.2. The van der Waals surface area contributed by atoms with Crippen molar-refractivity contribution in [1.29, 1.82) is 0 Å². The molecule has 6 unspecified atom stereocenters. The highest BCUT2D eigenvalue weighted by molar-refractivity contribution is 5.79. The van der Waals surface area contributed by atoms with Crippen molar-refractivity contribution >= 4 is 5.91 Å². The Morgan fingerprint density at radius 2 is 1.91 bits per heavy atom. The van der Waals surface area contributed by atoms with Crippen LogP contribution in [0.4, 0.5) is 0 Å². The van der Waals surface area contributed by atoms with Crippen LogP contribution in [0, 0.1) is 11.8 Å². The van der Waals surface area contributed by atoms with Gasteiger partial charge in [0.1, 0.15) is 0 Å². The molecule has 1 saturated carbocycles. The lowest BCUT2D eigenvalue weighted by molar-refractivity contribution is -0.127. The Balaban J connectivity index is 1.06. The van der Waals surface area contributed by atoms with Crippen LogP contribution in [0.3, 0.4) is 0 Å². The van der Waals surface area contributed by atoms with Crippen LogP contribution in [-0.4, -0.2) is 47.5 Å². The smallest absolute Gasteiger partial charge is 0.223 e. The number of pyridine rings is 1. The number of nitrogens with one attached hydrogen (secondary N) is 3. The summed E-state index contributed by atoms with van der Waals surface area (Å²) in [6.45, 7) is 3.27. The van der Waals surface area contributed by atoms with Gasteiger partial charge in [0.2, 0.25) is 5.91 Å². The summed E-state index contributed by atoms with van der Waals surface area (Å²) >= 11 is 0. The lowest BCUT2D eigenvalue weighted by Crippen LogP contribution is -2.47. The molecule has 1 aromatic heterocycles. The van der Waals surface area contributed by atoms with E-state index < -0.39 is 0 Å². The van der Waals surface area contributed by atoms with Crippen molar-refractivity contribution in [3.8, 4) is 0 Å². The van der Waals surface area contributed by atoms with Crippen LogP contribution in [-0.2, 0) is 11.2 Å². The van der Waals surface area contributed by atoms with Crippen LogP contribution in [0.2, 0.25) is 0 Å². The minimum atomic E-state index is 0.112. The lowest BCUT2D eigenvalue weighted by Gasteiger charge is -2.34. The SMILES string of the molecule is O=C(NC1CCCCN(CC2CCc3ccccc32)C1)C1CCC2NNC(c3ccncc3)C2C1. The van der Waals surface area contributed by atoms with E-state index in [4.69, 9.17) is 0 Å². The summed E-state index contributed by atoms with van der Waals surface area (Å²) in [5.74, 6) is 1.47. The molecule has 2 aliphatic heterocycles. The maximum absolute atomic E-state index is 13.4. The normalized spacial score (nSPS) is 33.0. The van der Waals surface area contributed by atoms with Crippen LogP contribution < -0.4 is 16.2 Å². The topological polar surface area (TPSA) is 69.3 Å². The van der Waals surface area contributed by atoms with Crippen molar-refractivity contribution in [2.24, 2.45) is 11.8 Å². The number of nitrogens with zero attached hydrogens (tertiary/aromatic N) is 2. The summed E-state index contributed by atoms with van der Waals surface area (Å²) in [7, 11) is 0. The number of hydrogen-bond acceptors (Lipinski definition) is 5. The quantitative estimate of drug-likeness (QED) is 0.618. The molecular weight excluding hydrogens is 434 g/mol. The highest BCUT2D eigenvalue weighted by Gasteiger charge is 2.43. The summed E-state index contributed by atoms with van der Waals surface area (Å²) in [6.07, 6.45) is 12.7. The largest absolute Gasteiger partial charge is 0.352 e. The minimum absolute atomic E-state index is 0.112. The molecule has 6 atom stereocenters. The van der Waals surface area contributed by atoms with Crippen molar-refractivity contribution in [1.82, 2.24) is 26.1 Å². The maximum atomic E-state index is 13.4. The van der Waals surface area contributed by atoms with E-state index in [0.717, 1.165) is 45.3 Å². The molecule has 4 aliphatic rings. The molecule has 0 spiro atoms. The minimum Gasteiger partial charge on any atom is -0.352 e. The number of hydrazine groups is 1. The molecule has 2 saturated heterocycles. The monoisotopic (exact) mass is 473 g/mol. The molecule has 3 heterocycles. The number of rotatable bonds is 5. The van der Waals surface area contributed by atoms with Gasteiger partial charge in [-0.3, -0.25) is 15.2 Å². The summed E-state index contributed by atoms with van der Waals surface area (Å²) in [5.41, 5.74) is 11.3. The van der Waals surface area contributed by atoms with E-state index in [1.807, 2.05) is 12.4 Å². The summed E-state index contributed by atoms with van der Waals surface area (Å²) in [5, 5.41) is 3.51. The van der Waals surface area contributed by atoms with Crippen molar-refractivity contribution in [2.45, 2.75) is 75.4 Å². The first-order valence-electron chi connectivity index (χ1n) is 13.8. The third kappa shape index (κ3) is 5.02. The predicted molar refractivity (Wildman–Crippen MR) is 138 cm³/mol. The zero-order valence-corrected chi connectivity index (χ0v) is 20.7. The summed E-state index contributed by atoms with van der Waals surface area (Å²) in [6, 6.07) is 14.1. The van der Waals surface area contributed by atoms with E-state index in [1.54, 1.807) is 5.56 Å². The Labute approximate surface area is 209 Å². The number of hydrogen-bond donors (Lipinski definition) is 3. The molecule has 0 bridgehead atoms. The summed E-state index contributed by atoms with van der Waals surface area (Å²) in [4.78, 5) is 20.2. The first kappa shape index (κ1) is 23.1. The van der Waals surface area contributed by atoms with E-state index in [2.05, 4.69) is 62.5 Å². The van der Waals surface area contributed by atoms with Gasteiger partial charge in [-0.25, -0.2) is 5.43 Å². The van der Waals surface area contributed by atoms with Crippen molar-refractivity contribution in [3.05, 3.63) is 65.5 Å². The summed E-state index contributed by atoms with van der Waals surface area (Å²) < 4.78 is 0. The Bertz CT molecular complexity index is 1010. The van der Waals surface area contributed by atoms with Gasteiger partial charge in [0, 0.05) is 43.5 Å². The Morgan fingerprint density at radius 1 is 1.03 bits per heavy atom. The lowest BCUT2D eigenvalue weighted by atomic mass is 9.74. The van der Waals surface area contributed by atoms with Gasteiger partial charge in [0.15, 0.2) is 0 Å². The van der Waals surface area contributed by atoms with Crippen molar-refractivity contribution in [3.63, 3.8) is 0 Å². The van der Waals surface area contributed by atoms with E-state index in [0.29, 0.717) is 17.9 Å². The van der Waals surface area contributed by atoms with E-state index in [9.17, 15) is 4.79 Å². The van der Waals surface area contributed by atoms with Crippen molar-refractivity contribution < 1.29 is 4.79 Å². The molecule has 1 amide bonds. The van der Waals surface area contributed by atoms with Crippen LogP contribution >= 0.6 is 0 Å². The second-order valence-corrected chi connectivity index (χ2v) is 11.2. The highest BCUT2D eigenvalue weighted by Crippen LogP contribution is 2.40. The number of carbonyl (C=O) groups excluding carboxylic acids is 1. The van der Waals surface area contributed by atoms with Gasteiger partial charge in [-0.05, 0) is 92.1 Å². The van der Waals surface area contributed by atoms with Crippen LogP contribution in [0.5, 0.6) is 0 Å². The molecular formula is C29H39N5O. The van der Waals surface area contributed by atoms with Gasteiger partial charge >= 0.3 is 0 Å². The van der Waals surface area contributed by atoms with Crippen molar-refractivity contribution in [2.75, 3.05) is 19.6 Å². The Kier molecular flexibility index (Phi) is 6.86. The van der Waals surface area contributed by atoms with Gasteiger partial charge in [-0.2, -0.15) is 0 Å². The molecule has 186 valence electrons. The van der Waals surface area contributed by atoms with E-state index in [-0.39, 0.29) is 23.9 Å². The number of amides is 1. The maximum Gasteiger partial charge on any atom is 0.223 e. The number of aryl methyl sites for hydroxylation is 1. The molecule has 35 heavy (non-hydrogen) atoms. The van der Waals surface area contributed by atoms with E-state index in [1.165, 1.54) is 36.8 Å². The molecule has 0 radical (unpaired) electrons. The van der Waals surface area contributed by atoms with Crippen LogP contribution in [0.1, 0.15) is 73.6 Å². The Hall–Kier alpha value is -2.28. The van der Waals surface area contributed by atoms with Gasteiger partial charge in [0.05, 0.1) is 6.04 Å². The molecule has 3 N–H and O–H groups in total. The fourth-order valence-corrected chi connectivity index (χ4v) is 7.17. The number of benzene rings is 1. The third-order valence-electron chi connectivity index (χ3n) is 9.03. The average molecular weight is 474 g/mol. The molecule has 3 fully saturated rings. The second kappa shape index (κ2) is 10.4. The molecule has 2 aliphatic carbocycles. The molecule has 1 aromatic carbocycles. The molecule has 2 aromatic rings. The second-order valence-electron chi connectivity index (χ2n) is 11.2. The molecule has 6 heteroatoms. The standard InChI is InChI=1S/C29H39N5O/c35-29(22-10-11-27-26(17-22)28(33-32-27)21-12-14-30-15-13-21)31-24-6-3-4-16-34(19-24)18-23-9-8-20-5-1-2-7-25(20)23/h1-2,5,7,12-15,22-24,26-28,32-33H,3-4,6,8-11,16-19H2,(H,31,35). The zero-order chi connectivity index (χ0) is 23.6. The van der Waals surface area contributed by atoms with E-state index >= 15 is 0 Å². The number of aromatic nitrogens is 1. The number of fused-ring (bicyclic) bond motifs is 2. The van der Waals surface area contributed by atoms with Gasteiger partial charge in [-0.1, -0.05) is 30.7 Å². The highest BCUT2D eigenvalue weighted by atomic mass is 16.2. The van der Waals surface area contributed by atoms with Gasteiger partial charge in [-0.15, -0.1) is 0 Å². The zero-order valence-electron chi connectivity index (χ0n) is 20.7. The predicted octanol–water partition coefficient (Wildman–Crippen LogP) is 3.72. The van der Waals surface area contributed by atoms with Gasteiger partial charge in [0.25, 0.3) is 0 Å². The third-order valence-corrected chi connectivity index (χ3v) is 9.03. The first-order valence-corrected chi connectivity index (χ1v) is 13.8.